The molecule has 4 rings (SSSR count). The highest BCUT2D eigenvalue weighted by Crippen LogP contribution is 2.63. The molecule has 0 bridgehead atoms. The molecule has 29 heavy (non-hydrogen) atoms. The predicted octanol–water partition coefficient (Wildman–Crippen LogP) is 5.05. The summed E-state index contributed by atoms with van der Waals surface area (Å²) in [6.45, 7) is 0. The highest BCUT2D eigenvalue weighted by Gasteiger charge is 2.50. The molecule has 1 fully saturated rings. The van der Waals surface area contributed by atoms with Crippen molar-refractivity contribution in [1.29, 1.82) is 0 Å². The van der Waals surface area contributed by atoms with E-state index in [0.29, 0.717) is 16.0 Å². The van der Waals surface area contributed by atoms with E-state index in [1.165, 1.54) is 31.1 Å². The molecule has 156 valence electrons. The van der Waals surface area contributed by atoms with E-state index in [9.17, 15) is 8.42 Å². The lowest BCUT2D eigenvalue weighted by atomic mass is 9.92. The van der Waals surface area contributed by atoms with Crippen LogP contribution in [0.15, 0.2) is 52.6 Å². The van der Waals surface area contributed by atoms with Crippen LogP contribution in [0.1, 0.15) is 36.8 Å². The van der Waals surface area contributed by atoms with E-state index in [-0.39, 0.29) is 5.75 Å². The number of allylic oxidation sites excluding steroid dienone is 4. The fraction of sp³-hybridized carbons (Fsp3) is 0.429. The van der Waals surface area contributed by atoms with Gasteiger partial charge < -0.3 is 4.74 Å². The number of rotatable bonds is 5. The first-order valence-corrected chi connectivity index (χ1v) is 12.3. The maximum atomic E-state index is 11.3. The Morgan fingerprint density at radius 3 is 2.34 bits per heavy atom. The van der Waals surface area contributed by atoms with Gasteiger partial charge >= 0.3 is 0 Å². The van der Waals surface area contributed by atoms with E-state index in [4.69, 9.17) is 44.7 Å². The minimum Gasteiger partial charge on any atom is -0.357 e. The quantitative estimate of drug-likeness (QED) is 0.607. The maximum absolute atomic E-state index is 11.3. The largest absolute Gasteiger partial charge is 0.357 e. The Kier molecular flexibility index (Phi) is 5.46. The predicted molar refractivity (Wildman–Crippen MR) is 118 cm³/mol. The van der Waals surface area contributed by atoms with E-state index >= 15 is 0 Å². The highest BCUT2D eigenvalue weighted by atomic mass is 35.5. The van der Waals surface area contributed by atoms with Gasteiger partial charge in [0, 0.05) is 12.1 Å². The number of methoxy groups -OCH3 is 1. The van der Waals surface area contributed by atoms with Crippen LogP contribution in [0.5, 0.6) is 0 Å². The second-order valence-electron chi connectivity index (χ2n) is 8.17. The van der Waals surface area contributed by atoms with Gasteiger partial charge in [0.1, 0.15) is 5.38 Å². The lowest BCUT2D eigenvalue weighted by Crippen LogP contribution is -2.35. The Balaban J connectivity index is 1.73. The van der Waals surface area contributed by atoms with Gasteiger partial charge in [-0.25, -0.2) is 13.6 Å². The molecule has 2 N–H and O–H groups in total. The summed E-state index contributed by atoms with van der Waals surface area (Å²) < 4.78 is 28.0. The summed E-state index contributed by atoms with van der Waals surface area (Å²) in [6.07, 6.45) is 7.97. The summed E-state index contributed by atoms with van der Waals surface area (Å²) in [5.41, 5.74) is 5.36. The molecule has 1 aromatic rings. The first-order valence-electron chi connectivity index (χ1n) is 9.35. The van der Waals surface area contributed by atoms with E-state index in [1.54, 1.807) is 6.08 Å². The minimum atomic E-state index is -3.56. The molecule has 8 heteroatoms. The average Bonchev–Trinajstić information content (AvgIpc) is 3.31. The fourth-order valence-corrected chi connectivity index (χ4v) is 5.71. The molecule has 3 aliphatic carbocycles. The summed E-state index contributed by atoms with van der Waals surface area (Å²) in [5.74, 6) is -0.175. The normalized spacial score (nSPS) is 28.5. The monoisotopic (exact) mass is 473 g/mol. The van der Waals surface area contributed by atoms with Gasteiger partial charge in [0.15, 0.2) is 5.06 Å². The van der Waals surface area contributed by atoms with Crippen molar-refractivity contribution in [3.05, 3.63) is 63.7 Å². The lowest BCUT2D eigenvalue weighted by Gasteiger charge is -2.31. The van der Waals surface area contributed by atoms with Crippen LogP contribution in [0.25, 0.3) is 5.57 Å². The molecule has 0 heterocycles. The Hall–Kier alpha value is -0.820. The van der Waals surface area contributed by atoms with Crippen molar-refractivity contribution in [1.82, 2.24) is 0 Å². The van der Waals surface area contributed by atoms with Crippen molar-refractivity contribution in [2.45, 2.75) is 41.9 Å². The van der Waals surface area contributed by atoms with Gasteiger partial charge in [0.25, 0.3) is 0 Å². The number of nitrogens with two attached hydrogens (primary N) is 1. The Bertz CT molecular complexity index is 1040. The molecule has 4 nitrogen and oxygen atoms in total. The molecule has 1 saturated carbocycles. The summed E-state index contributed by atoms with van der Waals surface area (Å²) in [6, 6.07) is 7.54. The SMILES string of the molecule is COC1(Cl)C=CC(C2=C(c3ccc(CS(N)(=O)=O)cc3)CC3(CC3)C2)=C(Cl)C1Cl. The Morgan fingerprint density at radius 2 is 1.79 bits per heavy atom. The second-order valence-corrected chi connectivity index (χ2v) is 11.2. The van der Waals surface area contributed by atoms with E-state index in [0.717, 1.165) is 24.0 Å². The summed E-state index contributed by atoms with van der Waals surface area (Å²) in [4.78, 5) is 0. The zero-order chi connectivity index (χ0) is 21.0. The van der Waals surface area contributed by atoms with Crippen LogP contribution in [0.4, 0.5) is 0 Å². The van der Waals surface area contributed by atoms with Crippen LogP contribution in [0, 0.1) is 5.41 Å². The van der Waals surface area contributed by atoms with Crippen molar-refractivity contribution >= 4 is 50.4 Å². The zero-order valence-electron chi connectivity index (χ0n) is 15.9. The average molecular weight is 475 g/mol. The molecule has 0 radical (unpaired) electrons. The number of benzene rings is 1. The molecule has 0 aromatic heterocycles. The first-order chi connectivity index (χ1) is 13.6. The standard InChI is InChI=1S/C21H22Cl3NO3S/c1-28-21(24)7-6-15(18(22)19(21)23)17-11-20(8-9-20)10-16(17)14-4-2-13(3-5-14)12-29(25,26)27/h2-7,19H,8-12H2,1H3,(H2,25,26,27). The first kappa shape index (κ1) is 21.4. The van der Waals surface area contributed by atoms with E-state index < -0.39 is 20.5 Å². The van der Waals surface area contributed by atoms with Gasteiger partial charge in [-0.15, -0.1) is 11.6 Å². The fourth-order valence-electron chi connectivity index (χ4n) is 4.21. The number of halogens is 3. The van der Waals surface area contributed by atoms with Crippen molar-refractivity contribution < 1.29 is 13.2 Å². The summed E-state index contributed by atoms with van der Waals surface area (Å²) in [5, 5.41) is 3.80. The molecule has 1 aromatic carbocycles. The number of hydrogen-bond donors (Lipinski definition) is 1. The number of ether oxygens (including phenoxy) is 1. The Labute approximate surface area is 186 Å². The van der Waals surface area contributed by atoms with Crippen molar-refractivity contribution in [3.8, 4) is 0 Å². The Morgan fingerprint density at radius 1 is 1.17 bits per heavy atom. The van der Waals surface area contributed by atoms with Gasteiger partial charge in [0.05, 0.1) is 5.75 Å². The number of primary sulfonamides is 1. The van der Waals surface area contributed by atoms with Crippen LogP contribution in [0.2, 0.25) is 0 Å². The van der Waals surface area contributed by atoms with Gasteiger partial charge in [0.2, 0.25) is 10.0 Å². The van der Waals surface area contributed by atoms with Crippen LogP contribution in [0.3, 0.4) is 0 Å². The van der Waals surface area contributed by atoms with Crippen molar-refractivity contribution in [3.63, 3.8) is 0 Å². The van der Waals surface area contributed by atoms with E-state index in [2.05, 4.69) is 0 Å². The molecule has 2 unspecified atom stereocenters. The number of alkyl halides is 2. The third kappa shape index (κ3) is 4.18. The molecule has 1 spiro atoms. The lowest BCUT2D eigenvalue weighted by molar-refractivity contribution is 0.108. The second kappa shape index (κ2) is 7.40. The van der Waals surface area contributed by atoms with Crippen LogP contribution < -0.4 is 5.14 Å². The van der Waals surface area contributed by atoms with Crippen LogP contribution >= 0.6 is 34.8 Å². The van der Waals surface area contributed by atoms with Crippen LogP contribution in [-0.4, -0.2) is 26.0 Å². The zero-order valence-corrected chi connectivity index (χ0v) is 19.0. The number of hydrogen-bond acceptors (Lipinski definition) is 3. The summed E-state index contributed by atoms with van der Waals surface area (Å²) in [7, 11) is -2.05. The van der Waals surface area contributed by atoms with Gasteiger partial charge in [-0.3, -0.25) is 0 Å². The molecule has 3 aliphatic rings. The maximum Gasteiger partial charge on any atom is 0.213 e. The highest BCUT2D eigenvalue weighted by molar-refractivity contribution is 7.88. The minimum absolute atomic E-state index is 0.175. The van der Waals surface area contributed by atoms with Crippen molar-refractivity contribution in [2.75, 3.05) is 7.11 Å². The van der Waals surface area contributed by atoms with Crippen molar-refractivity contribution in [2.24, 2.45) is 10.6 Å². The van der Waals surface area contributed by atoms with Gasteiger partial charge in [-0.1, -0.05) is 53.5 Å². The molecule has 0 aliphatic heterocycles. The third-order valence-corrected chi connectivity index (χ3v) is 8.46. The number of sulfonamides is 1. The molecule has 0 saturated heterocycles. The smallest absolute Gasteiger partial charge is 0.213 e. The molecular formula is C21H22Cl3NO3S. The summed E-state index contributed by atoms with van der Waals surface area (Å²) >= 11 is 19.6. The van der Waals surface area contributed by atoms with Gasteiger partial charge in [-0.2, -0.15) is 0 Å². The van der Waals surface area contributed by atoms with E-state index in [1.807, 2.05) is 30.3 Å². The molecule has 0 amide bonds. The van der Waals surface area contributed by atoms with Crippen LogP contribution in [-0.2, 0) is 20.5 Å². The third-order valence-electron chi connectivity index (χ3n) is 6.04. The molecular weight excluding hydrogens is 453 g/mol. The topological polar surface area (TPSA) is 69.4 Å². The molecule has 2 atom stereocenters. The van der Waals surface area contributed by atoms with Gasteiger partial charge in [-0.05, 0) is 65.0 Å².